The summed E-state index contributed by atoms with van der Waals surface area (Å²) in [5.41, 5.74) is 22.4. The van der Waals surface area contributed by atoms with Crippen molar-refractivity contribution in [3.05, 3.63) is 454 Å². The highest BCUT2D eigenvalue weighted by Gasteiger charge is 2.50. The molecule has 0 spiro atoms. The van der Waals surface area contributed by atoms with E-state index in [4.69, 9.17) is 6.57 Å². The highest BCUT2D eigenvalue weighted by molar-refractivity contribution is 7.00. The van der Waals surface area contributed by atoms with E-state index in [2.05, 4.69) is 332 Å². The highest BCUT2D eigenvalue weighted by atomic mass is 15.2. The van der Waals surface area contributed by atoms with Crippen LogP contribution in [0.4, 0.5) is 39.8 Å². The lowest BCUT2D eigenvalue weighted by Gasteiger charge is -2.46. The Labute approximate surface area is 751 Å². The van der Waals surface area contributed by atoms with E-state index in [1.165, 1.54) is 0 Å². The van der Waals surface area contributed by atoms with Crippen LogP contribution in [0, 0.1) is 17.9 Å². The first-order valence-corrected chi connectivity index (χ1v) is 42.6. The Morgan fingerprint density at radius 2 is 0.728 bits per heavy atom. The summed E-state index contributed by atoms with van der Waals surface area (Å²) in [5.74, 6) is 0. The number of nitrogens with zero attached hydrogens (tertiary/aromatic N) is 6. The Bertz CT molecular complexity index is 8160. The first kappa shape index (κ1) is 61.3. The standard InChI is InChI=1S/C118H89BN6/c1-114(2,3)81-50-60-105(91(66-81)75-48-55-99-93(64-75)87-39-23-27-43-97(87)117(99,77-31-15-11-16-32-77)78-33-17-12-18-34-78)124-109-71-85(122-103-45-29-25-41-89(103)95-63-74(73-120)47-59-107(95)122)53-57-101(109)119-102-58-54-86(123-104-46-30-26-42-90(104)96-70-84(121-10)52-62-108(96)123)72-110(102)125(112-69-83(116(7,8)9)68-111(124)113(112)119)106-61-51-82(115(4,5)6)67-92(106)76-49-56-100-94(65-76)88-40-24-28-44-98(88)118(100,79-35-19-13-20-36-79)80-37-21-14-22-38-80/h11-72H,1-9H3/i25D,26D,29D,30D,41D,42D,45D,46D,47D,52D,59D,62D,63D,70D. The first-order valence-electron chi connectivity index (χ1n) is 49.6. The number of rotatable bonds is 10. The van der Waals surface area contributed by atoms with E-state index < -0.39 is 130 Å². The van der Waals surface area contributed by atoms with Gasteiger partial charge in [-0.1, -0.05) is 323 Å². The zero-order chi connectivity index (χ0) is 96.9. The SMILES string of the molecule is [2H]c1c([2H])c([2H])c2c(c1[2H])c1c([2H])c(C#N)c([2H])c([2H])c1n2-c1ccc2c(c1)N(c1ccc(C(C)(C)C)cc1-c1ccc3c(c1)-c1ccccc1C3(c1ccccc1)c1ccccc1)c1cc(C(C)(C)C)cc3c1B2c1ccc(-n2c4c([2H])c([2H])c([2H])c([2H])c4c4c([2H])c([N+]#[C-])c([2H])c([2H])c42)cc1N3c1ccc(C(C)(C)C)cc1-c1ccc2c(c1)-c1ccccc1C2(c1ccccc1)c1ccccc1. The molecule has 0 fully saturated rings. The van der Waals surface area contributed by atoms with Crippen LogP contribution in [-0.4, -0.2) is 15.8 Å². The Hall–Kier alpha value is -15.0. The number of fused-ring (bicyclic) bond motifs is 16. The van der Waals surface area contributed by atoms with Crippen LogP contribution in [-0.2, 0) is 27.1 Å². The number of hydrogen-bond donors (Lipinski definition) is 0. The fourth-order valence-electron chi connectivity index (χ4n) is 20.9. The van der Waals surface area contributed by atoms with E-state index in [-0.39, 0.29) is 43.6 Å². The normalized spacial score (nSPS) is 15.4. The molecule has 6 nitrogen and oxygen atoms in total. The van der Waals surface area contributed by atoms with Crippen LogP contribution < -0.4 is 26.2 Å². The number of benzene rings is 17. The average molecular weight is 1620 g/mol. The van der Waals surface area contributed by atoms with Gasteiger partial charge in [-0.3, -0.25) is 0 Å². The molecule has 17 aromatic carbocycles. The number of aromatic nitrogens is 2. The van der Waals surface area contributed by atoms with E-state index in [0.29, 0.717) is 22.7 Å². The molecule has 0 saturated heterocycles. The van der Waals surface area contributed by atoms with Gasteiger partial charge in [0.05, 0.1) is 78.9 Å². The van der Waals surface area contributed by atoms with Crippen molar-refractivity contribution < 1.29 is 19.2 Å². The Morgan fingerprint density at radius 3 is 1.15 bits per heavy atom. The number of para-hydroxylation sites is 2. The lowest BCUT2D eigenvalue weighted by Crippen LogP contribution is -2.61. The van der Waals surface area contributed by atoms with Crippen molar-refractivity contribution in [2.45, 2.75) is 89.4 Å². The zero-order valence-electron chi connectivity index (χ0n) is 84.5. The van der Waals surface area contributed by atoms with Crippen LogP contribution in [0.25, 0.3) is 104 Å². The van der Waals surface area contributed by atoms with E-state index in [1.54, 1.807) is 9.13 Å². The first-order chi connectivity index (χ1) is 66.7. The highest BCUT2D eigenvalue weighted by Crippen LogP contribution is 2.61. The van der Waals surface area contributed by atoms with Gasteiger partial charge < -0.3 is 18.9 Å². The minimum atomic E-state index is -0.793. The van der Waals surface area contributed by atoms with Crippen molar-refractivity contribution in [3.63, 3.8) is 0 Å². The van der Waals surface area contributed by atoms with E-state index in [0.717, 1.165) is 145 Å². The number of anilines is 6. The maximum atomic E-state index is 10.8. The summed E-state index contributed by atoms with van der Waals surface area (Å²) in [6, 6.07) is 98.6. The minimum absolute atomic E-state index is 0.0660. The van der Waals surface area contributed by atoms with Crippen molar-refractivity contribution in [1.82, 2.24) is 9.13 Å². The van der Waals surface area contributed by atoms with Gasteiger partial charge in [0, 0.05) is 64.2 Å². The summed E-state index contributed by atoms with van der Waals surface area (Å²) in [6.07, 6.45) is 0. The summed E-state index contributed by atoms with van der Waals surface area (Å²) in [4.78, 5) is 8.29. The van der Waals surface area contributed by atoms with Gasteiger partial charge in [0.1, 0.15) is 0 Å². The molecule has 0 saturated carbocycles. The molecule has 125 heavy (non-hydrogen) atoms. The average Bonchev–Trinajstić information content (AvgIpc) is 1.56. The van der Waals surface area contributed by atoms with Crippen LogP contribution in [0.3, 0.4) is 0 Å². The summed E-state index contributed by atoms with van der Waals surface area (Å²) >= 11 is 0. The third-order valence-corrected chi connectivity index (χ3v) is 26.7. The van der Waals surface area contributed by atoms with Gasteiger partial charge in [-0.05, 0) is 248 Å². The van der Waals surface area contributed by atoms with E-state index in [1.807, 2.05) is 42.5 Å². The summed E-state index contributed by atoms with van der Waals surface area (Å²) in [6.45, 7) is 27.4. The molecule has 0 bridgehead atoms. The molecule has 7 heteroatoms. The van der Waals surface area contributed by atoms with Gasteiger partial charge in [-0.25, -0.2) is 4.85 Å². The molecule has 2 aliphatic heterocycles. The third kappa shape index (κ3) is 11.1. The van der Waals surface area contributed by atoms with Crippen LogP contribution in [0.15, 0.2) is 376 Å². The molecule has 4 heterocycles. The smallest absolute Gasteiger partial charge is 0.252 e. The van der Waals surface area contributed by atoms with Crippen LogP contribution >= 0.6 is 0 Å². The molecule has 0 unspecified atom stereocenters. The van der Waals surface area contributed by atoms with Gasteiger partial charge in [-0.2, -0.15) is 5.26 Å². The molecular formula is C118H89BN6. The number of nitriles is 1. The summed E-state index contributed by atoms with van der Waals surface area (Å²) in [5, 5.41) is 10.4. The lowest BCUT2D eigenvalue weighted by atomic mass is 9.33. The predicted molar refractivity (Wildman–Crippen MR) is 522 cm³/mol. The molecule has 2 aliphatic carbocycles. The minimum Gasteiger partial charge on any atom is -0.311 e. The van der Waals surface area contributed by atoms with E-state index in [9.17, 15) is 24.5 Å². The Kier molecular flexibility index (Phi) is 13.6. The second-order valence-corrected chi connectivity index (χ2v) is 36.6. The van der Waals surface area contributed by atoms with Crippen molar-refractivity contribution in [2.75, 3.05) is 9.80 Å². The monoisotopic (exact) mass is 1610 g/mol. The molecular weight excluding hydrogens is 1510 g/mol. The van der Waals surface area contributed by atoms with Gasteiger partial charge in [-0.15, -0.1) is 0 Å². The summed E-state index contributed by atoms with van der Waals surface area (Å²) < 4.78 is 139. The van der Waals surface area contributed by atoms with Crippen molar-refractivity contribution in [1.29, 1.82) is 5.26 Å². The topological polar surface area (TPSA) is 44.5 Å². The molecule has 0 amide bonds. The molecule has 2 aromatic heterocycles. The molecule has 0 radical (unpaired) electrons. The molecule has 19 aromatic rings. The third-order valence-electron chi connectivity index (χ3n) is 26.7. The fraction of sp³-hybridized carbons (Fsp3) is 0.119. The number of hydrogen-bond acceptors (Lipinski definition) is 3. The Morgan fingerprint density at radius 1 is 0.336 bits per heavy atom. The Balaban J connectivity index is 0.872. The van der Waals surface area contributed by atoms with Crippen LogP contribution in [0.1, 0.15) is 148 Å². The zero-order valence-corrected chi connectivity index (χ0v) is 70.5. The predicted octanol–water partition coefficient (Wildman–Crippen LogP) is 28.3. The molecule has 4 aliphatic rings. The largest absolute Gasteiger partial charge is 0.311 e. The quantitative estimate of drug-likeness (QED) is 0.101. The molecule has 23 rings (SSSR count). The van der Waals surface area contributed by atoms with Gasteiger partial charge in [0.2, 0.25) is 0 Å². The van der Waals surface area contributed by atoms with Crippen LogP contribution in [0.2, 0.25) is 0 Å². The van der Waals surface area contributed by atoms with Crippen molar-refractivity contribution in [2.24, 2.45) is 0 Å². The van der Waals surface area contributed by atoms with E-state index >= 15 is 0 Å². The molecule has 0 N–H and O–H groups in total. The fourth-order valence-corrected chi connectivity index (χ4v) is 20.9. The van der Waals surface area contributed by atoms with Gasteiger partial charge in [0.15, 0.2) is 5.69 Å². The van der Waals surface area contributed by atoms with Crippen LogP contribution in [0.5, 0.6) is 0 Å². The second-order valence-electron chi connectivity index (χ2n) is 36.6. The maximum absolute atomic E-state index is 10.8. The van der Waals surface area contributed by atoms with Crippen molar-refractivity contribution >= 4 is 107 Å². The van der Waals surface area contributed by atoms with Crippen molar-refractivity contribution in [3.8, 4) is 62.0 Å². The van der Waals surface area contributed by atoms with Gasteiger partial charge in [0.25, 0.3) is 6.71 Å². The maximum Gasteiger partial charge on any atom is 0.252 e. The molecule has 594 valence electrons. The second kappa shape index (κ2) is 27.8. The lowest BCUT2D eigenvalue weighted by molar-refractivity contribution is 0.590. The molecule has 0 atom stereocenters. The van der Waals surface area contributed by atoms with Gasteiger partial charge >= 0.3 is 0 Å². The summed E-state index contributed by atoms with van der Waals surface area (Å²) in [7, 11) is 0.